The molecule has 23 heavy (non-hydrogen) atoms. The predicted octanol–water partition coefficient (Wildman–Crippen LogP) is 2.37. The van der Waals surface area contributed by atoms with Gasteiger partial charge in [-0.3, -0.25) is 4.98 Å². The zero-order valence-electron chi connectivity index (χ0n) is 12.6. The van der Waals surface area contributed by atoms with E-state index in [9.17, 15) is 12.8 Å². The summed E-state index contributed by atoms with van der Waals surface area (Å²) in [5, 5.41) is 0. The SMILES string of the molecule is Cc1cc(F)ccc1S(=O)(=O)N1CC[C@H](Oc2ccncc2)C1. The number of pyridine rings is 1. The predicted molar refractivity (Wildman–Crippen MR) is 83.2 cm³/mol. The standard InChI is InChI=1S/C16H17FN2O3S/c1-12-10-13(17)2-3-16(12)23(20,21)19-9-6-15(11-19)22-14-4-7-18-8-5-14/h2-5,7-8,10,15H,6,9,11H2,1H3/t15-/m0/s1. The van der Waals surface area contributed by atoms with Gasteiger partial charge < -0.3 is 4.74 Å². The number of hydrogen-bond acceptors (Lipinski definition) is 4. The van der Waals surface area contributed by atoms with Gasteiger partial charge in [0.15, 0.2) is 0 Å². The highest BCUT2D eigenvalue weighted by atomic mass is 32.2. The van der Waals surface area contributed by atoms with Crippen molar-refractivity contribution in [1.82, 2.24) is 9.29 Å². The number of ether oxygens (including phenoxy) is 1. The molecule has 5 nitrogen and oxygen atoms in total. The van der Waals surface area contributed by atoms with Crippen LogP contribution in [0.3, 0.4) is 0 Å². The molecule has 1 atom stereocenters. The molecule has 2 heterocycles. The summed E-state index contributed by atoms with van der Waals surface area (Å²) in [6, 6.07) is 7.19. The van der Waals surface area contributed by atoms with Crippen LogP contribution in [0, 0.1) is 12.7 Å². The lowest BCUT2D eigenvalue weighted by atomic mass is 10.2. The molecule has 7 heteroatoms. The average molecular weight is 336 g/mol. The second-order valence-electron chi connectivity index (χ2n) is 5.48. The van der Waals surface area contributed by atoms with Crippen LogP contribution in [0.4, 0.5) is 4.39 Å². The summed E-state index contributed by atoms with van der Waals surface area (Å²) in [4.78, 5) is 4.06. The molecule has 0 aliphatic carbocycles. The molecule has 2 aromatic rings. The third kappa shape index (κ3) is 3.35. The molecule has 0 bridgehead atoms. The second-order valence-corrected chi connectivity index (χ2v) is 7.39. The topological polar surface area (TPSA) is 59.5 Å². The molecule has 3 rings (SSSR count). The van der Waals surface area contributed by atoms with Crippen LogP contribution in [0.25, 0.3) is 0 Å². The van der Waals surface area contributed by atoms with Gasteiger partial charge in [0, 0.05) is 18.9 Å². The Morgan fingerprint density at radius 2 is 2.00 bits per heavy atom. The van der Waals surface area contributed by atoms with E-state index in [2.05, 4.69) is 4.98 Å². The van der Waals surface area contributed by atoms with Crippen molar-refractivity contribution in [3.63, 3.8) is 0 Å². The molecule has 1 aliphatic rings. The number of aryl methyl sites for hydroxylation is 1. The Morgan fingerprint density at radius 3 is 2.70 bits per heavy atom. The van der Waals surface area contributed by atoms with Crippen LogP contribution in [-0.4, -0.2) is 36.9 Å². The largest absolute Gasteiger partial charge is 0.489 e. The lowest BCUT2D eigenvalue weighted by Gasteiger charge is -2.18. The van der Waals surface area contributed by atoms with E-state index in [1.54, 1.807) is 31.5 Å². The monoisotopic (exact) mass is 336 g/mol. The fourth-order valence-corrected chi connectivity index (χ4v) is 4.36. The van der Waals surface area contributed by atoms with E-state index in [4.69, 9.17) is 4.74 Å². The highest BCUT2D eigenvalue weighted by Gasteiger charge is 2.34. The highest BCUT2D eigenvalue weighted by molar-refractivity contribution is 7.89. The van der Waals surface area contributed by atoms with Crippen LogP contribution in [0.2, 0.25) is 0 Å². The van der Waals surface area contributed by atoms with E-state index in [0.717, 1.165) is 0 Å². The molecule has 0 unspecified atom stereocenters. The number of rotatable bonds is 4. The molecule has 0 spiro atoms. The van der Waals surface area contributed by atoms with E-state index >= 15 is 0 Å². The number of aromatic nitrogens is 1. The van der Waals surface area contributed by atoms with Gasteiger partial charge in [0.2, 0.25) is 10.0 Å². The first kappa shape index (κ1) is 15.9. The quantitative estimate of drug-likeness (QED) is 0.860. The van der Waals surface area contributed by atoms with Crippen molar-refractivity contribution in [1.29, 1.82) is 0 Å². The van der Waals surface area contributed by atoms with Crippen molar-refractivity contribution < 1.29 is 17.5 Å². The van der Waals surface area contributed by atoms with Gasteiger partial charge in [0.05, 0.1) is 11.4 Å². The molecular formula is C16H17FN2O3S. The van der Waals surface area contributed by atoms with Gasteiger partial charge in [-0.25, -0.2) is 12.8 Å². The number of nitrogens with zero attached hydrogens (tertiary/aromatic N) is 2. The van der Waals surface area contributed by atoms with Gasteiger partial charge in [0.25, 0.3) is 0 Å². The summed E-state index contributed by atoms with van der Waals surface area (Å²) in [6.07, 6.45) is 3.66. The fraction of sp³-hybridized carbons (Fsp3) is 0.312. The molecule has 122 valence electrons. The Morgan fingerprint density at radius 1 is 1.26 bits per heavy atom. The molecule has 1 aromatic heterocycles. The molecule has 1 saturated heterocycles. The number of sulfonamides is 1. The Bertz CT molecular complexity index is 796. The summed E-state index contributed by atoms with van der Waals surface area (Å²) in [5.74, 6) is 0.226. The Kier molecular flexibility index (Phi) is 4.32. The summed E-state index contributed by atoms with van der Waals surface area (Å²) < 4.78 is 45.8. The first-order valence-electron chi connectivity index (χ1n) is 7.30. The van der Waals surface area contributed by atoms with Crippen LogP contribution >= 0.6 is 0 Å². The molecular weight excluding hydrogens is 319 g/mol. The van der Waals surface area contributed by atoms with Crippen LogP contribution in [-0.2, 0) is 10.0 Å². The highest BCUT2D eigenvalue weighted by Crippen LogP contribution is 2.26. The summed E-state index contributed by atoms with van der Waals surface area (Å²) in [5.41, 5.74) is 0.406. The smallest absolute Gasteiger partial charge is 0.243 e. The van der Waals surface area contributed by atoms with E-state index in [-0.39, 0.29) is 17.5 Å². The third-order valence-corrected chi connectivity index (χ3v) is 5.84. The first-order chi connectivity index (χ1) is 11.0. The lowest BCUT2D eigenvalue weighted by molar-refractivity contribution is 0.215. The van der Waals surface area contributed by atoms with Crippen molar-refractivity contribution in [2.24, 2.45) is 0 Å². The fourth-order valence-electron chi connectivity index (χ4n) is 2.66. The van der Waals surface area contributed by atoms with E-state index in [1.807, 2.05) is 0 Å². The van der Waals surface area contributed by atoms with Gasteiger partial charge in [-0.05, 0) is 49.2 Å². The number of benzene rings is 1. The third-order valence-electron chi connectivity index (χ3n) is 3.82. The molecule has 0 radical (unpaired) electrons. The summed E-state index contributed by atoms with van der Waals surface area (Å²) in [6.45, 7) is 2.26. The Labute approximate surface area is 134 Å². The molecule has 0 N–H and O–H groups in total. The number of halogens is 1. The van der Waals surface area contributed by atoms with Crippen molar-refractivity contribution in [3.05, 3.63) is 54.1 Å². The van der Waals surface area contributed by atoms with Gasteiger partial charge in [-0.2, -0.15) is 4.31 Å². The van der Waals surface area contributed by atoms with Crippen LogP contribution < -0.4 is 4.74 Å². The van der Waals surface area contributed by atoms with Gasteiger partial charge in [0.1, 0.15) is 17.7 Å². The molecule has 1 aromatic carbocycles. The molecule has 0 amide bonds. The maximum absolute atomic E-state index is 13.2. The molecule has 1 fully saturated rings. The van der Waals surface area contributed by atoms with Crippen LogP contribution in [0.15, 0.2) is 47.6 Å². The maximum Gasteiger partial charge on any atom is 0.243 e. The minimum absolute atomic E-state index is 0.142. The molecule has 0 saturated carbocycles. The van der Waals surface area contributed by atoms with E-state index in [0.29, 0.717) is 24.3 Å². The van der Waals surface area contributed by atoms with Crippen molar-refractivity contribution in [2.45, 2.75) is 24.3 Å². The average Bonchev–Trinajstić information content (AvgIpc) is 2.97. The normalized spacial score (nSPS) is 19.0. The minimum Gasteiger partial charge on any atom is -0.489 e. The minimum atomic E-state index is -3.64. The lowest BCUT2D eigenvalue weighted by Crippen LogP contribution is -2.31. The van der Waals surface area contributed by atoms with E-state index < -0.39 is 15.8 Å². The van der Waals surface area contributed by atoms with Crippen molar-refractivity contribution >= 4 is 10.0 Å². The van der Waals surface area contributed by atoms with Gasteiger partial charge in [-0.15, -0.1) is 0 Å². The summed E-state index contributed by atoms with van der Waals surface area (Å²) in [7, 11) is -3.64. The van der Waals surface area contributed by atoms with Gasteiger partial charge >= 0.3 is 0 Å². The second kappa shape index (κ2) is 6.25. The maximum atomic E-state index is 13.2. The Hall–Kier alpha value is -1.99. The zero-order valence-corrected chi connectivity index (χ0v) is 13.5. The van der Waals surface area contributed by atoms with Crippen molar-refractivity contribution in [2.75, 3.05) is 13.1 Å². The van der Waals surface area contributed by atoms with E-state index in [1.165, 1.54) is 22.5 Å². The van der Waals surface area contributed by atoms with Crippen LogP contribution in [0.5, 0.6) is 5.75 Å². The van der Waals surface area contributed by atoms with Crippen molar-refractivity contribution in [3.8, 4) is 5.75 Å². The summed E-state index contributed by atoms with van der Waals surface area (Å²) >= 11 is 0. The Balaban J connectivity index is 1.75. The molecule has 1 aliphatic heterocycles. The van der Waals surface area contributed by atoms with Crippen LogP contribution in [0.1, 0.15) is 12.0 Å². The first-order valence-corrected chi connectivity index (χ1v) is 8.74. The zero-order chi connectivity index (χ0) is 16.4. The number of hydrogen-bond donors (Lipinski definition) is 0. The van der Waals surface area contributed by atoms with Gasteiger partial charge in [-0.1, -0.05) is 0 Å².